The highest BCUT2D eigenvalue weighted by atomic mass is 16.5. The molecule has 0 unspecified atom stereocenters. The van der Waals surface area contributed by atoms with Crippen LogP contribution in [0.25, 0.3) is 0 Å². The Labute approximate surface area is 152 Å². The van der Waals surface area contributed by atoms with Crippen LogP contribution >= 0.6 is 0 Å². The second-order valence-electron chi connectivity index (χ2n) is 5.70. The largest absolute Gasteiger partial charge is 0.457 e. The Morgan fingerprint density at radius 1 is 0.538 bits per heavy atom. The summed E-state index contributed by atoms with van der Waals surface area (Å²) < 4.78 is 10.5. The predicted octanol–water partition coefficient (Wildman–Crippen LogP) is 4.40. The van der Waals surface area contributed by atoms with E-state index >= 15 is 0 Å². The van der Waals surface area contributed by atoms with Gasteiger partial charge in [0.25, 0.3) is 0 Å². The molecule has 0 aliphatic rings. The molecular formula is C22H18O4. The molecule has 26 heavy (non-hydrogen) atoms. The molecule has 3 aromatic carbocycles. The average molecular weight is 346 g/mol. The first-order chi connectivity index (χ1) is 12.7. The van der Waals surface area contributed by atoms with E-state index in [1.807, 2.05) is 60.7 Å². The molecule has 0 atom stereocenters. The van der Waals surface area contributed by atoms with E-state index in [2.05, 4.69) is 0 Å². The Morgan fingerprint density at radius 2 is 0.885 bits per heavy atom. The number of ether oxygens (including phenoxy) is 2. The summed E-state index contributed by atoms with van der Waals surface area (Å²) in [4.78, 5) is 24.1. The topological polar surface area (TPSA) is 52.6 Å². The van der Waals surface area contributed by atoms with Crippen LogP contribution in [0.1, 0.15) is 31.8 Å². The summed E-state index contributed by atoms with van der Waals surface area (Å²) in [5, 5.41) is 0. The first-order valence-electron chi connectivity index (χ1n) is 8.24. The molecule has 0 aliphatic carbocycles. The summed E-state index contributed by atoms with van der Waals surface area (Å²) in [5.74, 6) is -0.865. The van der Waals surface area contributed by atoms with Gasteiger partial charge in [0.05, 0.1) is 11.1 Å². The summed E-state index contributed by atoms with van der Waals surface area (Å²) >= 11 is 0. The molecule has 0 bridgehead atoms. The summed E-state index contributed by atoms with van der Waals surface area (Å²) in [6.07, 6.45) is 0. The minimum atomic E-state index is -0.432. The van der Waals surface area contributed by atoms with Crippen molar-refractivity contribution in [3.8, 4) is 0 Å². The number of rotatable bonds is 6. The lowest BCUT2D eigenvalue weighted by Crippen LogP contribution is -2.08. The molecule has 0 heterocycles. The Kier molecular flexibility index (Phi) is 5.78. The van der Waals surface area contributed by atoms with Crippen LogP contribution < -0.4 is 0 Å². The molecule has 0 saturated carbocycles. The fraction of sp³-hybridized carbons (Fsp3) is 0.0909. The fourth-order valence-electron chi connectivity index (χ4n) is 2.36. The van der Waals surface area contributed by atoms with E-state index in [1.165, 1.54) is 0 Å². The van der Waals surface area contributed by atoms with Gasteiger partial charge in [-0.15, -0.1) is 0 Å². The minimum Gasteiger partial charge on any atom is -0.457 e. The molecule has 130 valence electrons. The molecule has 0 aliphatic heterocycles. The van der Waals surface area contributed by atoms with E-state index in [0.29, 0.717) is 11.1 Å². The Morgan fingerprint density at radius 3 is 1.23 bits per heavy atom. The molecule has 0 radical (unpaired) electrons. The monoisotopic (exact) mass is 346 g/mol. The van der Waals surface area contributed by atoms with Crippen LogP contribution in [-0.4, -0.2) is 11.9 Å². The summed E-state index contributed by atoms with van der Waals surface area (Å²) in [6.45, 7) is 0.418. The first-order valence-corrected chi connectivity index (χ1v) is 8.24. The Bertz CT molecular complexity index is 781. The molecule has 4 heteroatoms. The van der Waals surface area contributed by atoms with Crippen molar-refractivity contribution in [2.45, 2.75) is 13.2 Å². The highest BCUT2D eigenvalue weighted by Crippen LogP contribution is 2.11. The van der Waals surface area contributed by atoms with Gasteiger partial charge in [-0.2, -0.15) is 0 Å². The summed E-state index contributed by atoms with van der Waals surface area (Å²) in [7, 11) is 0. The first kappa shape index (κ1) is 17.4. The number of carbonyl (C=O) groups excluding carboxylic acids is 2. The van der Waals surface area contributed by atoms with Gasteiger partial charge in [0.1, 0.15) is 13.2 Å². The maximum atomic E-state index is 12.1. The quantitative estimate of drug-likeness (QED) is 0.621. The highest BCUT2D eigenvalue weighted by molar-refractivity contribution is 5.93. The second-order valence-corrected chi connectivity index (χ2v) is 5.70. The molecule has 0 amide bonds. The van der Waals surface area contributed by atoms with Gasteiger partial charge >= 0.3 is 11.9 Å². The van der Waals surface area contributed by atoms with E-state index < -0.39 is 11.9 Å². The SMILES string of the molecule is O=C(OCc1ccccc1)c1ccc(C(=O)OCc2ccccc2)cc1. The third-order valence-electron chi connectivity index (χ3n) is 3.78. The van der Waals surface area contributed by atoms with Crippen molar-refractivity contribution in [3.63, 3.8) is 0 Å². The minimum absolute atomic E-state index is 0.209. The van der Waals surface area contributed by atoms with Crippen molar-refractivity contribution in [2.24, 2.45) is 0 Å². The standard InChI is InChI=1S/C22H18O4/c23-21(25-15-17-7-3-1-4-8-17)19-11-13-20(14-12-19)22(24)26-16-18-9-5-2-6-10-18/h1-14H,15-16H2. The van der Waals surface area contributed by atoms with Crippen LogP contribution in [0.15, 0.2) is 84.9 Å². The smallest absolute Gasteiger partial charge is 0.338 e. The molecule has 0 spiro atoms. The highest BCUT2D eigenvalue weighted by Gasteiger charge is 2.11. The number of hydrogen-bond acceptors (Lipinski definition) is 4. The van der Waals surface area contributed by atoms with Gasteiger partial charge in [0.2, 0.25) is 0 Å². The van der Waals surface area contributed by atoms with Gasteiger partial charge in [-0.05, 0) is 35.4 Å². The average Bonchev–Trinajstić information content (AvgIpc) is 2.72. The van der Waals surface area contributed by atoms with Crippen molar-refractivity contribution in [2.75, 3.05) is 0 Å². The molecular weight excluding hydrogens is 328 g/mol. The van der Waals surface area contributed by atoms with Gasteiger partial charge < -0.3 is 9.47 Å². The molecule has 3 rings (SSSR count). The number of esters is 2. The van der Waals surface area contributed by atoms with Crippen molar-refractivity contribution >= 4 is 11.9 Å². The summed E-state index contributed by atoms with van der Waals surface area (Å²) in [5.41, 5.74) is 2.62. The van der Waals surface area contributed by atoms with E-state index in [0.717, 1.165) is 11.1 Å². The van der Waals surface area contributed by atoms with Gasteiger partial charge in [-0.1, -0.05) is 60.7 Å². The predicted molar refractivity (Wildman–Crippen MR) is 97.6 cm³/mol. The van der Waals surface area contributed by atoms with Gasteiger partial charge in [-0.3, -0.25) is 0 Å². The fourth-order valence-corrected chi connectivity index (χ4v) is 2.36. The lowest BCUT2D eigenvalue weighted by molar-refractivity contribution is 0.0458. The third kappa shape index (κ3) is 4.80. The lowest BCUT2D eigenvalue weighted by atomic mass is 10.1. The van der Waals surface area contributed by atoms with Crippen LogP contribution in [0.4, 0.5) is 0 Å². The maximum absolute atomic E-state index is 12.1. The van der Waals surface area contributed by atoms with Crippen LogP contribution in [0, 0.1) is 0 Å². The van der Waals surface area contributed by atoms with Crippen molar-refractivity contribution < 1.29 is 19.1 Å². The molecule has 0 fully saturated rings. The number of benzene rings is 3. The van der Waals surface area contributed by atoms with Crippen LogP contribution in [-0.2, 0) is 22.7 Å². The van der Waals surface area contributed by atoms with E-state index in [9.17, 15) is 9.59 Å². The van der Waals surface area contributed by atoms with Crippen LogP contribution in [0.3, 0.4) is 0 Å². The Balaban J connectivity index is 1.53. The van der Waals surface area contributed by atoms with Crippen LogP contribution in [0.5, 0.6) is 0 Å². The Hall–Kier alpha value is -3.40. The molecule has 3 aromatic rings. The molecule has 4 nitrogen and oxygen atoms in total. The molecule has 0 saturated heterocycles. The zero-order valence-electron chi connectivity index (χ0n) is 14.1. The van der Waals surface area contributed by atoms with Crippen LogP contribution in [0.2, 0.25) is 0 Å². The van der Waals surface area contributed by atoms with Crippen molar-refractivity contribution in [3.05, 3.63) is 107 Å². The van der Waals surface area contributed by atoms with Gasteiger partial charge in [-0.25, -0.2) is 9.59 Å². The zero-order valence-corrected chi connectivity index (χ0v) is 14.1. The van der Waals surface area contributed by atoms with E-state index in [1.54, 1.807) is 24.3 Å². The normalized spacial score (nSPS) is 10.2. The van der Waals surface area contributed by atoms with Crippen molar-refractivity contribution in [1.29, 1.82) is 0 Å². The maximum Gasteiger partial charge on any atom is 0.338 e. The van der Waals surface area contributed by atoms with Crippen molar-refractivity contribution in [1.82, 2.24) is 0 Å². The second kappa shape index (κ2) is 8.62. The van der Waals surface area contributed by atoms with Gasteiger partial charge in [0, 0.05) is 0 Å². The van der Waals surface area contributed by atoms with Gasteiger partial charge in [0.15, 0.2) is 0 Å². The van der Waals surface area contributed by atoms with E-state index in [4.69, 9.17) is 9.47 Å². The lowest BCUT2D eigenvalue weighted by Gasteiger charge is -2.07. The molecule has 0 N–H and O–H groups in total. The molecule has 0 aromatic heterocycles. The zero-order chi connectivity index (χ0) is 18.2. The van der Waals surface area contributed by atoms with E-state index in [-0.39, 0.29) is 13.2 Å². The number of carbonyl (C=O) groups is 2. The number of hydrogen-bond donors (Lipinski definition) is 0. The summed E-state index contributed by atoms with van der Waals surface area (Å²) in [6, 6.07) is 25.2. The third-order valence-corrected chi connectivity index (χ3v) is 3.78.